The average Bonchev–Trinajstić information content (AvgIpc) is 2.72. The molecule has 73 valence electrons. The van der Waals surface area contributed by atoms with Crippen LogP contribution in [0, 0.1) is 13.3 Å². The highest BCUT2D eigenvalue weighted by Gasteiger charge is 2.00. The maximum Gasteiger partial charge on any atom is 0.176 e. The molecule has 0 spiro atoms. The van der Waals surface area contributed by atoms with Crippen molar-refractivity contribution in [1.82, 2.24) is 14.1 Å². The Balaban J connectivity index is 2.02. The second-order valence-electron chi connectivity index (χ2n) is 3.51. The number of rotatable bonds is 3. The van der Waals surface area contributed by atoms with E-state index in [4.69, 9.17) is 0 Å². The van der Waals surface area contributed by atoms with E-state index in [1.54, 1.807) is 0 Å². The number of hydrogen-bond donors (Lipinski definition) is 0. The van der Waals surface area contributed by atoms with Gasteiger partial charge < -0.3 is 9.13 Å². The molecule has 0 N–H and O–H groups in total. The Kier molecular flexibility index (Phi) is 2.39. The normalized spacial score (nSPS) is 10.7. The summed E-state index contributed by atoms with van der Waals surface area (Å²) in [7, 11) is 2.07. The third-order valence-electron chi connectivity index (χ3n) is 2.50. The van der Waals surface area contributed by atoms with Crippen molar-refractivity contribution in [3.8, 4) is 0 Å². The van der Waals surface area contributed by atoms with Crippen LogP contribution in [-0.2, 0) is 20.0 Å². The fourth-order valence-electron chi connectivity index (χ4n) is 1.55. The van der Waals surface area contributed by atoms with Gasteiger partial charge in [0.05, 0.1) is 0 Å². The summed E-state index contributed by atoms with van der Waals surface area (Å²) in [6, 6.07) is 4.21. The average molecular weight is 188 g/mol. The van der Waals surface area contributed by atoms with Crippen LogP contribution in [0.4, 0.5) is 0 Å². The molecule has 1 radical (unpaired) electrons. The summed E-state index contributed by atoms with van der Waals surface area (Å²) in [5.41, 5.74) is 2.51. The number of nitrogens with zero attached hydrogens (tertiary/aromatic N) is 3. The van der Waals surface area contributed by atoms with E-state index >= 15 is 0 Å². The van der Waals surface area contributed by atoms with E-state index in [1.807, 2.05) is 10.8 Å². The lowest BCUT2D eigenvalue weighted by atomic mass is 10.3. The van der Waals surface area contributed by atoms with Crippen LogP contribution in [0.2, 0.25) is 0 Å². The van der Waals surface area contributed by atoms with E-state index in [0.717, 1.165) is 13.0 Å². The van der Waals surface area contributed by atoms with Gasteiger partial charge in [0, 0.05) is 43.8 Å². The quantitative estimate of drug-likeness (QED) is 0.717. The summed E-state index contributed by atoms with van der Waals surface area (Å²) in [5.74, 6) is 0. The first-order chi connectivity index (χ1) is 6.77. The van der Waals surface area contributed by atoms with Crippen molar-refractivity contribution in [1.29, 1.82) is 0 Å². The lowest BCUT2D eigenvalue weighted by Gasteiger charge is -2.05. The number of aryl methyl sites for hydroxylation is 4. The monoisotopic (exact) mass is 188 g/mol. The van der Waals surface area contributed by atoms with Crippen molar-refractivity contribution in [2.24, 2.45) is 7.05 Å². The Labute approximate surface area is 84.0 Å². The smallest absolute Gasteiger partial charge is 0.176 e. The van der Waals surface area contributed by atoms with E-state index in [-0.39, 0.29) is 0 Å². The zero-order chi connectivity index (χ0) is 9.97. The number of hydrogen-bond acceptors (Lipinski definition) is 1. The maximum atomic E-state index is 3.98. The van der Waals surface area contributed by atoms with Crippen LogP contribution in [0.1, 0.15) is 11.4 Å². The second kappa shape index (κ2) is 3.70. The van der Waals surface area contributed by atoms with Gasteiger partial charge in [0.15, 0.2) is 6.33 Å². The molecule has 2 rings (SSSR count). The summed E-state index contributed by atoms with van der Waals surface area (Å²) in [5, 5.41) is 0. The largest absolute Gasteiger partial charge is 0.354 e. The van der Waals surface area contributed by atoms with Gasteiger partial charge in [0.2, 0.25) is 0 Å². The Hall–Kier alpha value is -1.51. The molecule has 2 aromatic heterocycles. The molecule has 0 saturated heterocycles. The van der Waals surface area contributed by atoms with Crippen molar-refractivity contribution in [3.63, 3.8) is 0 Å². The van der Waals surface area contributed by atoms with E-state index in [1.165, 1.54) is 11.4 Å². The molecule has 14 heavy (non-hydrogen) atoms. The van der Waals surface area contributed by atoms with Gasteiger partial charge in [-0.15, -0.1) is 0 Å². The van der Waals surface area contributed by atoms with Crippen LogP contribution in [0.15, 0.2) is 24.5 Å². The first-order valence-corrected chi connectivity index (χ1v) is 4.77. The van der Waals surface area contributed by atoms with Crippen LogP contribution in [-0.4, -0.2) is 14.1 Å². The van der Waals surface area contributed by atoms with Crippen molar-refractivity contribution >= 4 is 0 Å². The molecule has 2 aromatic rings. The molecule has 0 aliphatic rings. The third kappa shape index (κ3) is 1.71. The molecule has 0 fully saturated rings. The van der Waals surface area contributed by atoms with Crippen molar-refractivity contribution in [2.75, 3.05) is 0 Å². The highest BCUT2D eigenvalue weighted by Crippen LogP contribution is 2.04. The third-order valence-corrected chi connectivity index (χ3v) is 2.50. The van der Waals surface area contributed by atoms with Crippen LogP contribution in [0.3, 0.4) is 0 Å². The molecule has 0 saturated carbocycles. The van der Waals surface area contributed by atoms with Crippen LogP contribution in [0.5, 0.6) is 0 Å². The fraction of sp³-hybridized carbons (Fsp3) is 0.364. The summed E-state index contributed by atoms with van der Waals surface area (Å²) >= 11 is 0. The summed E-state index contributed by atoms with van der Waals surface area (Å²) in [4.78, 5) is 3.98. The topological polar surface area (TPSA) is 22.8 Å². The molecule has 0 aliphatic carbocycles. The minimum atomic E-state index is 0.948. The van der Waals surface area contributed by atoms with Crippen molar-refractivity contribution in [2.45, 2.75) is 19.9 Å². The SMILES string of the molecule is Cc1cn[c]n1CCc1cccn1C. The van der Waals surface area contributed by atoms with Crippen LogP contribution < -0.4 is 0 Å². The van der Waals surface area contributed by atoms with E-state index in [0.29, 0.717) is 0 Å². The molecular formula is C11H14N3. The molecule has 0 aromatic carbocycles. The zero-order valence-electron chi connectivity index (χ0n) is 8.57. The molecule has 3 nitrogen and oxygen atoms in total. The van der Waals surface area contributed by atoms with Gasteiger partial charge in [-0.2, -0.15) is 0 Å². The molecule has 0 bridgehead atoms. The minimum Gasteiger partial charge on any atom is -0.354 e. The number of imidazole rings is 1. The van der Waals surface area contributed by atoms with Gasteiger partial charge in [0.1, 0.15) is 0 Å². The Morgan fingerprint density at radius 2 is 2.36 bits per heavy atom. The van der Waals surface area contributed by atoms with E-state index in [2.05, 4.69) is 48.2 Å². The molecule has 0 unspecified atom stereocenters. The predicted octanol–water partition coefficient (Wildman–Crippen LogP) is 1.57. The van der Waals surface area contributed by atoms with E-state index in [9.17, 15) is 0 Å². The minimum absolute atomic E-state index is 0.948. The van der Waals surface area contributed by atoms with Gasteiger partial charge in [-0.3, -0.25) is 0 Å². The molecule has 0 atom stereocenters. The lowest BCUT2D eigenvalue weighted by Crippen LogP contribution is -2.04. The van der Waals surface area contributed by atoms with Gasteiger partial charge in [0.25, 0.3) is 0 Å². The van der Waals surface area contributed by atoms with Gasteiger partial charge >= 0.3 is 0 Å². The highest BCUT2D eigenvalue weighted by atomic mass is 15.0. The maximum absolute atomic E-state index is 3.98. The van der Waals surface area contributed by atoms with Gasteiger partial charge in [-0.25, -0.2) is 4.98 Å². The van der Waals surface area contributed by atoms with Crippen LogP contribution in [0.25, 0.3) is 0 Å². The van der Waals surface area contributed by atoms with Crippen molar-refractivity contribution in [3.05, 3.63) is 42.2 Å². The lowest BCUT2D eigenvalue weighted by molar-refractivity contribution is 0.646. The zero-order valence-corrected chi connectivity index (χ0v) is 8.57. The Morgan fingerprint density at radius 3 is 2.93 bits per heavy atom. The molecule has 3 heteroatoms. The second-order valence-corrected chi connectivity index (χ2v) is 3.51. The first-order valence-electron chi connectivity index (χ1n) is 4.77. The predicted molar refractivity (Wildman–Crippen MR) is 54.9 cm³/mol. The first kappa shape index (κ1) is 9.06. The fourth-order valence-corrected chi connectivity index (χ4v) is 1.55. The Bertz CT molecular complexity index is 371. The standard InChI is InChI=1S/C11H14N3/c1-10-8-12-9-14(10)7-5-11-4-3-6-13(11)2/h3-4,6,8H,5,7H2,1-2H3. The Morgan fingerprint density at radius 1 is 1.50 bits per heavy atom. The summed E-state index contributed by atoms with van der Waals surface area (Å²) < 4.78 is 4.19. The summed E-state index contributed by atoms with van der Waals surface area (Å²) in [6.45, 7) is 3.00. The highest BCUT2D eigenvalue weighted by molar-refractivity contribution is 5.06. The number of aromatic nitrogens is 3. The molecule has 2 heterocycles. The van der Waals surface area contributed by atoms with Gasteiger partial charge in [-0.1, -0.05) is 0 Å². The molecule has 0 aliphatic heterocycles. The van der Waals surface area contributed by atoms with Crippen molar-refractivity contribution < 1.29 is 0 Å². The molecule has 0 amide bonds. The van der Waals surface area contributed by atoms with Crippen LogP contribution >= 0.6 is 0 Å². The molecular weight excluding hydrogens is 174 g/mol. The van der Waals surface area contributed by atoms with E-state index < -0.39 is 0 Å². The summed E-state index contributed by atoms with van der Waals surface area (Å²) in [6.07, 6.45) is 7.88. The van der Waals surface area contributed by atoms with Gasteiger partial charge in [-0.05, 0) is 19.1 Å².